The molecule has 0 N–H and O–H groups in total. The van der Waals surface area contributed by atoms with E-state index in [1.165, 1.54) is 18.3 Å². The van der Waals surface area contributed by atoms with E-state index < -0.39 is 4.92 Å². The minimum Gasteiger partial charge on any atom is -0.349 e. The maximum absolute atomic E-state index is 11.0. The number of thiophene rings is 1. The van der Waals surface area contributed by atoms with Gasteiger partial charge in [-0.1, -0.05) is 5.16 Å². The van der Waals surface area contributed by atoms with E-state index in [4.69, 9.17) is 14.0 Å². The number of nitrogens with zero attached hydrogens (tertiary/aromatic N) is 2. The third-order valence-corrected chi connectivity index (χ3v) is 3.93. The topological polar surface area (TPSA) is 87.6 Å². The molecule has 0 amide bonds. The molecule has 0 radical (unpaired) electrons. The number of nitro groups is 1. The second-order valence-corrected chi connectivity index (χ2v) is 5.33. The summed E-state index contributed by atoms with van der Waals surface area (Å²) >= 11 is 1.50. The lowest BCUT2D eigenvalue weighted by molar-refractivity contribution is -0.386. The number of hydrogen-bond donors (Lipinski definition) is 0. The third kappa shape index (κ3) is 2.73. The minimum atomic E-state index is -0.496. The first kappa shape index (κ1) is 13.9. The van der Waals surface area contributed by atoms with Gasteiger partial charge in [0.05, 0.1) is 18.1 Å². The summed E-state index contributed by atoms with van der Waals surface area (Å²) in [5, 5.41) is 16.5. The van der Waals surface area contributed by atoms with Crippen molar-refractivity contribution in [1.82, 2.24) is 5.16 Å². The van der Waals surface area contributed by atoms with Crippen molar-refractivity contribution in [3.8, 4) is 0 Å². The number of aryl methyl sites for hydroxylation is 1. The Morgan fingerprint density at radius 1 is 1.43 bits per heavy atom. The van der Waals surface area contributed by atoms with E-state index in [-0.39, 0.29) is 23.4 Å². The van der Waals surface area contributed by atoms with E-state index in [2.05, 4.69) is 5.16 Å². The van der Waals surface area contributed by atoms with Crippen LogP contribution in [-0.4, -0.2) is 23.3 Å². The highest BCUT2D eigenvalue weighted by Gasteiger charge is 2.23. The minimum absolute atomic E-state index is 0.113. The van der Waals surface area contributed by atoms with Crippen LogP contribution < -0.4 is 0 Å². The molecular formula is C13H12N2O5S. The zero-order valence-electron chi connectivity index (χ0n) is 11.1. The quantitative estimate of drug-likeness (QED) is 0.637. The summed E-state index contributed by atoms with van der Waals surface area (Å²) in [7, 11) is 0. The van der Waals surface area contributed by atoms with E-state index in [0.29, 0.717) is 13.2 Å². The molecule has 2 aromatic rings. The highest BCUT2D eigenvalue weighted by atomic mass is 32.1. The summed E-state index contributed by atoms with van der Waals surface area (Å²) in [6, 6.07) is 1.92. The molecule has 1 fully saturated rings. The van der Waals surface area contributed by atoms with Gasteiger partial charge in [0.25, 0.3) is 0 Å². The van der Waals surface area contributed by atoms with Gasteiger partial charge < -0.3 is 14.0 Å². The van der Waals surface area contributed by atoms with E-state index >= 15 is 0 Å². The predicted molar refractivity (Wildman–Crippen MR) is 75.8 cm³/mol. The summed E-state index contributed by atoms with van der Waals surface area (Å²) in [5.41, 5.74) is 1.05. The summed E-state index contributed by atoms with van der Waals surface area (Å²) < 4.78 is 15.9. The molecule has 3 heterocycles. The molecule has 1 saturated heterocycles. The van der Waals surface area contributed by atoms with Crippen LogP contribution in [0.15, 0.2) is 16.0 Å². The molecular weight excluding hydrogens is 296 g/mol. The number of aromatic nitrogens is 1. The average Bonchev–Trinajstić information content (AvgIpc) is 3.16. The van der Waals surface area contributed by atoms with Crippen LogP contribution in [0.2, 0.25) is 0 Å². The van der Waals surface area contributed by atoms with Gasteiger partial charge in [0.2, 0.25) is 5.76 Å². The summed E-state index contributed by atoms with van der Waals surface area (Å²) in [6.07, 6.45) is 2.92. The maximum Gasteiger partial charge on any atom is 0.338 e. The van der Waals surface area contributed by atoms with Crippen molar-refractivity contribution in [2.75, 3.05) is 13.2 Å². The summed E-state index contributed by atoms with van der Waals surface area (Å²) in [4.78, 5) is 11.4. The molecule has 0 bridgehead atoms. The van der Waals surface area contributed by atoms with E-state index in [1.807, 2.05) is 11.4 Å². The fourth-order valence-electron chi connectivity index (χ4n) is 2.06. The molecule has 1 aliphatic heterocycles. The Hall–Kier alpha value is -2.03. The van der Waals surface area contributed by atoms with Crippen LogP contribution in [0.25, 0.3) is 12.2 Å². The number of ether oxygens (including phenoxy) is 2. The zero-order valence-corrected chi connectivity index (χ0v) is 12.0. The van der Waals surface area contributed by atoms with Gasteiger partial charge in [-0.25, -0.2) is 0 Å². The van der Waals surface area contributed by atoms with Crippen molar-refractivity contribution in [2.45, 2.75) is 13.2 Å². The number of hydrogen-bond acceptors (Lipinski definition) is 7. The molecule has 3 rings (SSSR count). The molecule has 21 heavy (non-hydrogen) atoms. The van der Waals surface area contributed by atoms with Crippen LogP contribution in [-0.2, 0) is 9.47 Å². The first-order chi connectivity index (χ1) is 10.2. The number of rotatable bonds is 4. The fraction of sp³-hybridized carbons (Fsp3) is 0.308. The van der Waals surface area contributed by atoms with Crippen LogP contribution >= 0.6 is 11.3 Å². The highest BCUT2D eigenvalue weighted by molar-refractivity contribution is 7.11. The Balaban J connectivity index is 1.87. The summed E-state index contributed by atoms with van der Waals surface area (Å²) in [5.74, 6) is 0.130. The van der Waals surface area contributed by atoms with Gasteiger partial charge in [-0.3, -0.25) is 10.1 Å². The van der Waals surface area contributed by atoms with Crippen molar-refractivity contribution < 1.29 is 18.9 Å². The van der Waals surface area contributed by atoms with Gasteiger partial charge in [0, 0.05) is 10.4 Å². The van der Waals surface area contributed by atoms with Gasteiger partial charge in [0.15, 0.2) is 12.0 Å². The lowest BCUT2D eigenvalue weighted by Crippen LogP contribution is -1.97. The Morgan fingerprint density at radius 2 is 2.19 bits per heavy atom. The third-order valence-electron chi connectivity index (χ3n) is 3.03. The van der Waals surface area contributed by atoms with Crippen molar-refractivity contribution in [1.29, 1.82) is 0 Å². The first-order valence-corrected chi connectivity index (χ1v) is 7.14. The van der Waals surface area contributed by atoms with Crippen molar-refractivity contribution in [3.05, 3.63) is 43.5 Å². The highest BCUT2D eigenvalue weighted by Crippen LogP contribution is 2.32. The van der Waals surface area contributed by atoms with Crippen LogP contribution in [0.4, 0.5) is 5.69 Å². The summed E-state index contributed by atoms with van der Waals surface area (Å²) in [6.45, 7) is 2.67. The molecule has 7 nitrogen and oxygen atoms in total. The molecule has 0 aliphatic carbocycles. The second kappa shape index (κ2) is 5.76. The second-order valence-electron chi connectivity index (χ2n) is 4.38. The molecule has 0 aromatic carbocycles. The van der Waals surface area contributed by atoms with Gasteiger partial charge in [-0.15, -0.1) is 11.3 Å². The molecule has 8 heteroatoms. The SMILES string of the molecule is Cc1noc(C=Cc2sccc2C2OCCO2)c1[N+](=O)[O-]. The lowest BCUT2D eigenvalue weighted by atomic mass is 10.2. The van der Waals surface area contributed by atoms with E-state index in [9.17, 15) is 10.1 Å². The van der Waals surface area contributed by atoms with Gasteiger partial charge >= 0.3 is 5.69 Å². The average molecular weight is 308 g/mol. The van der Waals surface area contributed by atoms with Crippen molar-refractivity contribution in [3.63, 3.8) is 0 Å². The van der Waals surface area contributed by atoms with E-state index in [0.717, 1.165) is 10.4 Å². The van der Waals surface area contributed by atoms with Crippen LogP contribution in [0.5, 0.6) is 0 Å². The smallest absolute Gasteiger partial charge is 0.338 e. The molecule has 110 valence electrons. The predicted octanol–water partition coefficient (Wildman–Crippen LogP) is 3.17. The first-order valence-electron chi connectivity index (χ1n) is 6.26. The van der Waals surface area contributed by atoms with Gasteiger partial charge in [0.1, 0.15) is 0 Å². The van der Waals surface area contributed by atoms with Crippen LogP contribution in [0, 0.1) is 17.0 Å². The monoisotopic (exact) mass is 308 g/mol. The molecule has 1 aliphatic rings. The van der Waals surface area contributed by atoms with Crippen LogP contribution in [0.3, 0.4) is 0 Å². The van der Waals surface area contributed by atoms with Crippen LogP contribution in [0.1, 0.15) is 28.2 Å². The maximum atomic E-state index is 11.0. The molecule has 0 atom stereocenters. The molecule has 0 spiro atoms. The fourth-order valence-corrected chi connectivity index (χ4v) is 2.87. The molecule has 0 saturated carbocycles. The largest absolute Gasteiger partial charge is 0.349 e. The Kier molecular flexibility index (Phi) is 3.82. The Morgan fingerprint density at radius 3 is 2.90 bits per heavy atom. The lowest BCUT2D eigenvalue weighted by Gasteiger charge is -2.07. The Bertz CT molecular complexity index is 685. The standard InChI is InChI=1S/C13H12N2O5S/c1-8-12(15(16)17)10(20-14-8)2-3-11-9(4-7-21-11)13-18-5-6-19-13/h2-4,7,13H,5-6H2,1H3. The Labute approximate surface area is 123 Å². The van der Waals surface area contributed by atoms with E-state index in [1.54, 1.807) is 12.2 Å². The molecule has 2 aromatic heterocycles. The van der Waals surface area contributed by atoms with Gasteiger partial charge in [-0.2, -0.15) is 0 Å². The molecule has 0 unspecified atom stereocenters. The van der Waals surface area contributed by atoms with Crippen molar-refractivity contribution in [2.24, 2.45) is 0 Å². The van der Waals surface area contributed by atoms with Gasteiger partial charge in [-0.05, 0) is 30.5 Å². The zero-order chi connectivity index (χ0) is 14.8. The normalized spacial score (nSPS) is 16.0. The van der Waals surface area contributed by atoms with Crippen molar-refractivity contribution >= 4 is 29.2 Å².